The highest BCUT2D eigenvalue weighted by molar-refractivity contribution is 6.32. The maximum Gasteiger partial charge on any atom is 0.264 e. The van der Waals surface area contributed by atoms with Crippen molar-refractivity contribution >= 4 is 105 Å². The summed E-state index contributed by atoms with van der Waals surface area (Å²) < 4.78 is 4.94. The Morgan fingerprint density at radius 2 is 1.06 bits per heavy atom. The van der Waals surface area contributed by atoms with Gasteiger partial charge in [-0.15, -0.1) is 0 Å². The number of aliphatic imine (C=N–C) groups is 1. The SMILES string of the molecule is CC(=O)n1c(C)nc2cc3nc4c5ccc(C)c6c(C)ccc(c(=O)n4c3cc21)c65.CN=C1c2ccc3c4c2c(ccc4c(=O)n2c4ccc(-c5ccc(C)c(C)c5)cc4nc32)C(=O)N1C. The number of hydrogen-bond donors (Lipinski definition) is 0. The lowest BCUT2D eigenvalue weighted by molar-refractivity contribution is 0.0869. The van der Waals surface area contributed by atoms with Gasteiger partial charge in [-0.05, 0) is 128 Å². The van der Waals surface area contributed by atoms with Gasteiger partial charge >= 0.3 is 0 Å². The molecule has 1 amide bonds. The average molecular weight is 865 g/mol. The van der Waals surface area contributed by atoms with Gasteiger partial charge in [0.2, 0.25) is 5.91 Å². The number of fused-ring (bicyclic) bond motifs is 9. The number of imidazole rings is 3. The molecule has 0 aliphatic carbocycles. The second-order valence-corrected chi connectivity index (χ2v) is 17.6. The molecule has 6 heterocycles. The third-order valence-corrected chi connectivity index (χ3v) is 13.8. The van der Waals surface area contributed by atoms with Crippen LogP contribution in [0.5, 0.6) is 0 Å². The second-order valence-electron chi connectivity index (χ2n) is 17.6. The number of carbonyl (C=O) groups excluding carboxylic acids is 2. The smallest absolute Gasteiger partial charge is 0.264 e. The summed E-state index contributed by atoms with van der Waals surface area (Å²) in [6, 6.07) is 31.7. The Hall–Kier alpha value is -8.38. The summed E-state index contributed by atoms with van der Waals surface area (Å²) in [4.78, 5) is 72.9. The first kappa shape index (κ1) is 39.2. The number of pyridine rings is 2. The Kier molecular flexibility index (Phi) is 8.06. The van der Waals surface area contributed by atoms with E-state index in [0.29, 0.717) is 61.4 Å². The lowest BCUT2D eigenvalue weighted by Gasteiger charge is -2.27. The predicted molar refractivity (Wildman–Crippen MR) is 264 cm³/mol. The Balaban J connectivity index is 0.000000141. The van der Waals surface area contributed by atoms with Crippen LogP contribution in [-0.4, -0.2) is 65.0 Å². The fraction of sp³-hybridized carbons (Fsp3) is 0.148. The van der Waals surface area contributed by atoms with Crippen LogP contribution in [-0.2, 0) is 0 Å². The molecule has 1 aliphatic heterocycles. The number of rotatable bonds is 1. The Morgan fingerprint density at radius 1 is 0.515 bits per heavy atom. The minimum absolute atomic E-state index is 0.0967. The highest BCUT2D eigenvalue weighted by atomic mass is 16.2. The summed E-state index contributed by atoms with van der Waals surface area (Å²) in [6.45, 7) is 11.7. The molecule has 320 valence electrons. The molecule has 12 heteroatoms. The Labute approximate surface area is 375 Å². The first-order valence-corrected chi connectivity index (χ1v) is 21.8. The number of hydrogen-bond acceptors (Lipinski definition) is 8. The van der Waals surface area contributed by atoms with Crippen LogP contribution >= 0.6 is 0 Å². The molecular formula is C54H40N8O4. The van der Waals surface area contributed by atoms with E-state index in [1.165, 1.54) is 18.1 Å². The lowest BCUT2D eigenvalue weighted by Crippen LogP contribution is -2.37. The number of aromatic nitrogens is 6. The van der Waals surface area contributed by atoms with Crippen molar-refractivity contribution in [2.75, 3.05) is 14.1 Å². The third-order valence-electron chi connectivity index (χ3n) is 13.8. The Bertz CT molecular complexity index is 4360. The quantitative estimate of drug-likeness (QED) is 0.160. The average Bonchev–Trinajstić information content (AvgIpc) is 3.98. The first-order valence-electron chi connectivity index (χ1n) is 21.8. The van der Waals surface area contributed by atoms with Crippen LogP contribution in [0.4, 0.5) is 0 Å². The van der Waals surface area contributed by atoms with Crippen LogP contribution < -0.4 is 11.1 Å². The summed E-state index contributed by atoms with van der Waals surface area (Å²) in [5, 5.41) is 6.68. The van der Waals surface area contributed by atoms with E-state index < -0.39 is 0 Å². The zero-order valence-electron chi connectivity index (χ0n) is 37.4. The van der Waals surface area contributed by atoms with Crippen molar-refractivity contribution in [1.82, 2.24) is 33.2 Å². The summed E-state index contributed by atoms with van der Waals surface area (Å²) in [7, 11) is 3.40. The van der Waals surface area contributed by atoms with Crippen LogP contribution in [0.3, 0.4) is 0 Å². The van der Waals surface area contributed by atoms with Crippen LogP contribution in [0.25, 0.3) is 98.6 Å². The summed E-state index contributed by atoms with van der Waals surface area (Å²) in [6.07, 6.45) is 0. The van der Waals surface area contributed by atoms with Gasteiger partial charge < -0.3 is 0 Å². The van der Waals surface area contributed by atoms with E-state index in [2.05, 4.69) is 61.9 Å². The van der Waals surface area contributed by atoms with Crippen molar-refractivity contribution in [2.45, 2.75) is 41.5 Å². The number of aryl methyl sites for hydroxylation is 5. The molecule has 0 radical (unpaired) electrons. The molecule has 0 N–H and O–H groups in total. The minimum atomic E-state index is -0.135. The topological polar surface area (TPSA) is 136 Å². The predicted octanol–water partition coefficient (Wildman–Crippen LogP) is 9.86. The molecule has 0 saturated carbocycles. The molecule has 7 aromatic carbocycles. The van der Waals surface area contributed by atoms with Gasteiger partial charge in [0.15, 0.2) is 0 Å². The number of carbonyl (C=O) groups is 2. The van der Waals surface area contributed by atoms with E-state index in [4.69, 9.17) is 9.97 Å². The van der Waals surface area contributed by atoms with Crippen molar-refractivity contribution in [2.24, 2.45) is 4.99 Å². The second kappa shape index (κ2) is 13.6. The fourth-order valence-electron chi connectivity index (χ4n) is 10.5. The van der Waals surface area contributed by atoms with E-state index >= 15 is 0 Å². The molecule has 0 atom stereocenters. The number of amides is 1. The molecule has 66 heavy (non-hydrogen) atoms. The summed E-state index contributed by atoms with van der Waals surface area (Å²) in [5.41, 5.74) is 13.7. The van der Waals surface area contributed by atoms with Crippen molar-refractivity contribution < 1.29 is 9.59 Å². The molecule has 0 fully saturated rings. The van der Waals surface area contributed by atoms with Crippen molar-refractivity contribution in [3.8, 4) is 11.1 Å². The summed E-state index contributed by atoms with van der Waals surface area (Å²) >= 11 is 0. The molecule has 12 aromatic rings. The molecule has 13 rings (SSSR count). The van der Waals surface area contributed by atoms with Gasteiger partial charge in [0, 0.05) is 69.8 Å². The lowest BCUT2D eigenvalue weighted by atomic mass is 9.90. The molecule has 12 nitrogen and oxygen atoms in total. The van der Waals surface area contributed by atoms with Crippen molar-refractivity contribution in [1.29, 1.82) is 0 Å². The molecule has 1 aliphatic rings. The van der Waals surface area contributed by atoms with Crippen LogP contribution in [0, 0.1) is 34.6 Å². The van der Waals surface area contributed by atoms with Gasteiger partial charge in [-0.1, -0.05) is 42.5 Å². The van der Waals surface area contributed by atoms with Gasteiger partial charge in [-0.25, -0.2) is 15.0 Å². The van der Waals surface area contributed by atoms with Gasteiger partial charge in [-0.3, -0.25) is 42.4 Å². The van der Waals surface area contributed by atoms with Gasteiger partial charge in [0.05, 0.1) is 33.1 Å². The Morgan fingerprint density at radius 3 is 1.73 bits per heavy atom. The van der Waals surface area contributed by atoms with E-state index in [1.54, 1.807) is 51.4 Å². The number of nitrogens with zero attached hydrogens (tertiary/aromatic N) is 8. The molecular weight excluding hydrogens is 825 g/mol. The van der Waals surface area contributed by atoms with E-state index in [-0.39, 0.29) is 22.9 Å². The number of amidine groups is 1. The molecule has 0 bridgehead atoms. The highest BCUT2D eigenvalue weighted by Crippen LogP contribution is 2.38. The van der Waals surface area contributed by atoms with Crippen molar-refractivity contribution in [3.05, 3.63) is 157 Å². The van der Waals surface area contributed by atoms with Crippen LogP contribution in [0.15, 0.2) is 112 Å². The van der Waals surface area contributed by atoms with Gasteiger partial charge in [0.1, 0.15) is 23.0 Å². The molecule has 5 aromatic heterocycles. The summed E-state index contributed by atoms with van der Waals surface area (Å²) in [5.74, 6) is 0.980. The zero-order chi connectivity index (χ0) is 45.8. The molecule has 0 saturated heterocycles. The van der Waals surface area contributed by atoms with Gasteiger partial charge in [-0.2, -0.15) is 0 Å². The molecule has 0 unspecified atom stereocenters. The zero-order valence-corrected chi connectivity index (χ0v) is 37.4. The van der Waals surface area contributed by atoms with Crippen LogP contribution in [0.2, 0.25) is 0 Å². The largest absolute Gasteiger partial charge is 0.296 e. The third kappa shape index (κ3) is 5.14. The normalized spacial score (nSPS) is 13.7. The number of benzene rings is 7. The standard InChI is InChI=1S/C30H22N4O2.C24H18N4O2/c1-15-5-6-17(13-16(15)2)18-7-12-24-23(14-18)32-28-20-9-8-19-25-21(29(35)33(4)27(19)31-3)10-11-22(26(20)25)30(36)34(24)28;1-11-5-7-15-22-16(8-6-12(2)21(11)22)24(30)28-20-10-19-17(9-18(20)26-23(15)28)25-13(3)27(19)14(4)29/h5-14H,1-4H3;5-10H,1-4H3. The van der Waals surface area contributed by atoms with E-state index in [9.17, 15) is 19.2 Å². The van der Waals surface area contributed by atoms with E-state index in [1.807, 2.05) is 60.7 Å². The maximum atomic E-state index is 13.8. The monoisotopic (exact) mass is 864 g/mol. The van der Waals surface area contributed by atoms with E-state index in [0.717, 1.165) is 71.2 Å². The van der Waals surface area contributed by atoms with Crippen LogP contribution in [0.1, 0.15) is 55.7 Å². The molecule has 0 spiro atoms. The minimum Gasteiger partial charge on any atom is -0.296 e. The van der Waals surface area contributed by atoms with Crippen molar-refractivity contribution in [3.63, 3.8) is 0 Å². The van der Waals surface area contributed by atoms with Gasteiger partial charge in [0.25, 0.3) is 17.0 Å². The maximum absolute atomic E-state index is 13.8. The highest BCUT2D eigenvalue weighted by Gasteiger charge is 2.31. The first-order chi connectivity index (χ1) is 31.7. The fourth-order valence-corrected chi connectivity index (χ4v) is 10.5.